The van der Waals surface area contributed by atoms with E-state index in [1.165, 1.54) is 37.7 Å². The number of nitrogens with one attached hydrogen (secondary N) is 1. The Bertz CT molecular complexity index is 360. The molecular formula is C15H20N2. The van der Waals surface area contributed by atoms with E-state index in [4.69, 9.17) is 0 Å². The maximum absolute atomic E-state index is 9.21. The third-order valence-electron chi connectivity index (χ3n) is 3.48. The van der Waals surface area contributed by atoms with Gasteiger partial charge in [0, 0.05) is 12.5 Å². The number of nitriles is 1. The Morgan fingerprint density at radius 1 is 1.18 bits per heavy atom. The van der Waals surface area contributed by atoms with E-state index in [1.807, 2.05) is 18.2 Å². The normalized spacial score (nSPS) is 18.5. The minimum absolute atomic E-state index is 0.0412. The molecule has 0 aromatic heterocycles. The first-order valence-corrected chi connectivity index (χ1v) is 6.58. The maximum Gasteiger partial charge on any atom is 0.0995 e. The van der Waals surface area contributed by atoms with Crippen LogP contribution in [-0.4, -0.2) is 12.1 Å². The lowest BCUT2D eigenvalue weighted by Crippen LogP contribution is -2.39. The van der Waals surface area contributed by atoms with Crippen LogP contribution in [0.3, 0.4) is 0 Å². The van der Waals surface area contributed by atoms with Crippen molar-refractivity contribution in [3.05, 3.63) is 35.9 Å². The van der Waals surface area contributed by atoms with Crippen LogP contribution in [-0.2, 0) is 6.42 Å². The van der Waals surface area contributed by atoms with Gasteiger partial charge in [0.15, 0.2) is 0 Å². The van der Waals surface area contributed by atoms with E-state index < -0.39 is 0 Å². The largest absolute Gasteiger partial charge is 0.299 e. The van der Waals surface area contributed by atoms with Crippen LogP contribution >= 0.6 is 0 Å². The van der Waals surface area contributed by atoms with Gasteiger partial charge in [-0.2, -0.15) is 5.26 Å². The monoisotopic (exact) mass is 228 g/mol. The van der Waals surface area contributed by atoms with Gasteiger partial charge in [-0.1, -0.05) is 49.6 Å². The zero-order valence-electron chi connectivity index (χ0n) is 10.2. The predicted molar refractivity (Wildman–Crippen MR) is 69.6 cm³/mol. The molecular weight excluding hydrogens is 208 g/mol. The lowest BCUT2D eigenvalue weighted by atomic mass is 9.94. The minimum atomic E-state index is -0.0412. The first-order valence-electron chi connectivity index (χ1n) is 6.58. The Labute approximate surface area is 104 Å². The molecule has 1 aromatic carbocycles. The zero-order chi connectivity index (χ0) is 11.9. The Kier molecular flexibility index (Phi) is 4.58. The van der Waals surface area contributed by atoms with E-state index in [9.17, 15) is 5.26 Å². The Hall–Kier alpha value is -1.33. The molecule has 0 saturated heterocycles. The van der Waals surface area contributed by atoms with Gasteiger partial charge in [-0.25, -0.2) is 0 Å². The number of hydrogen-bond acceptors (Lipinski definition) is 2. The molecule has 1 N–H and O–H groups in total. The smallest absolute Gasteiger partial charge is 0.0995 e. The first kappa shape index (κ1) is 12.1. The molecule has 1 fully saturated rings. The molecule has 0 aliphatic heterocycles. The summed E-state index contributed by atoms with van der Waals surface area (Å²) in [6.07, 6.45) is 7.24. The quantitative estimate of drug-likeness (QED) is 0.859. The van der Waals surface area contributed by atoms with Gasteiger partial charge in [0.1, 0.15) is 0 Å². The summed E-state index contributed by atoms with van der Waals surface area (Å²) in [6.45, 7) is 0. The second kappa shape index (κ2) is 6.42. The summed E-state index contributed by atoms with van der Waals surface area (Å²) < 4.78 is 0. The summed E-state index contributed by atoms with van der Waals surface area (Å²) in [4.78, 5) is 0. The Balaban J connectivity index is 1.86. The minimum Gasteiger partial charge on any atom is -0.299 e. The van der Waals surface area contributed by atoms with Crippen LogP contribution in [0.4, 0.5) is 0 Å². The lowest BCUT2D eigenvalue weighted by molar-refractivity contribution is 0.356. The van der Waals surface area contributed by atoms with E-state index >= 15 is 0 Å². The third-order valence-corrected chi connectivity index (χ3v) is 3.48. The molecule has 1 unspecified atom stereocenters. The average Bonchev–Trinajstić information content (AvgIpc) is 2.40. The molecule has 0 heterocycles. The van der Waals surface area contributed by atoms with Crippen molar-refractivity contribution in [1.82, 2.24) is 5.32 Å². The van der Waals surface area contributed by atoms with Crippen molar-refractivity contribution in [3.8, 4) is 6.07 Å². The third kappa shape index (κ3) is 3.87. The lowest BCUT2D eigenvalue weighted by Gasteiger charge is -2.25. The van der Waals surface area contributed by atoms with Crippen LogP contribution in [0, 0.1) is 11.3 Å². The highest BCUT2D eigenvalue weighted by atomic mass is 14.9. The summed E-state index contributed by atoms with van der Waals surface area (Å²) in [5.74, 6) is 0. The number of rotatable bonds is 4. The van der Waals surface area contributed by atoms with Crippen LogP contribution in [0.15, 0.2) is 30.3 Å². The highest BCUT2D eigenvalue weighted by Crippen LogP contribution is 2.18. The summed E-state index contributed by atoms with van der Waals surface area (Å²) in [5.41, 5.74) is 1.24. The number of benzene rings is 1. The number of nitrogens with zero attached hydrogens (tertiary/aromatic N) is 1. The van der Waals surface area contributed by atoms with Crippen molar-refractivity contribution in [2.24, 2.45) is 0 Å². The van der Waals surface area contributed by atoms with E-state index in [0.717, 1.165) is 6.42 Å². The molecule has 1 aliphatic carbocycles. The van der Waals surface area contributed by atoms with E-state index in [0.29, 0.717) is 6.04 Å². The fraction of sp³-hybridized carbons (Fsp3) is 0.533. The first-order chi connectivity index (χ1) is 8.38. The molecule has 2 nitrogen and oxygen atoms in total. The molecule has 1 atom stereocenters. The molecule has 17 heavy (non-hydrogen) atoms. The molecule has 1 saturated carbocycles. The van der Waals surface area contributed by atoms with Gasteiger partial charge < -0.3 is 0 Å². The topological polar surface area (TPSA) is 35.8 Å². The van der Waals surface area contributed by atoms with Crippen LogP contribution < -0.4 is 5.32 Å². The van der Waals surface area contributed by atoms with Crippen molar-refractivity contribution in [2.75, 3.05) is 0 Å². The van der Waals surface area contributed by atoms with Crippen LogP contribution in [0.5, 0.6) is 0 Å². The van der Waals surface area contributed by atoms with Gasteiger partial charge in [-0.05, 0) is 18.4 Å². The molecule has 2 rings (SSSR count). The van der Waals surface area contributed by atoms with Gasteiger partial charge in [-0.3, -0.25) is 5.32 Å². The SMILES string of the molecule is N#CC(Cc1ccccc1)NC1CCCCC1. The maximum atomic E-state index is 9.21. The molecule has 1 aliphatic rings. The summed E-state index contributed by atoms with van der Waals surface area (Å²) in [6, 6.07) is 13.2. The Morgan fingerprint density at radius 3 is 2.53 bits per heavy atom. The molecule has 90 valence electrons. The molecule has 0 radical (unpaired) electrons. The predicted octanol–water partition coefficient (Wildman–Crippen LogP) is 3.04. The summed E-state index contributed by atoms with van der Waals surface area (Å²) in [5, 5.41) is 12.7. The Morgan fingerprint density at radius 2 is 1.88 bits per heavy atom. The van der Waals surface area contributed by atoms with Crippen LogP contribution in [0.2, 0.25) is 0 Å². The van der Waals surface area contributed by atoms with Gasteiger partial charge in [0.25, 0.3) is 0 Å². The van der Waals surface area contributed by atoms with Crippen molar-refractivity contribution >= 4 is 0 Å². The molecule has 0 amide bonds. The van der Waals surface area contributed by atoms with Gasteiger partial charge >= 0.3 is 0 Å². The van der Waals surface area contributed by atoms with E-state index in [1.54, 1.807) is 0 Å². The summed E-state index contributed by atoms with van der Waals surface area (Å²) in [7, 11) is 0. The van der Waals surface area contributed by atoms with E-state index in [-0.39, 0.29) is 6.04 Å². The fourth-order valence-corrected chi connectivity index (χ4v) is 2.55. The molecule has 1 aromatic rings. The van der Waals surface area contributed by atoms with Gasteiger partial charge in [-0.15, -0.1) is 0 Å². The van der Waals surface area contributed by atoms with E-state index in [2.05, 4.69) is 23.5 Å². The standard InChI is InChI=1S/C15H20N2/c16-12-15(11-13-7-3-1-4-8-13)17-14-9-5-2-6-10-14/h1,3-4,7-8,14-15,17H,2,5-6,9-11H2. The summed E-state index contributed by atoms with van der Waals surface area (Å²) >= 11 is 0. The average molecular weight is 228 g/mol. The fourth-order valence-electron chi connectivity index (χ4n) is 2.55. The highest BCUT2D eigenvalue weighted by Gasteiger charge is 2.17. The van der Waals surface area contributed by atoms with Crippen molar-refractivity contribution in [1.29, 1.82) is 5.26 Å². The number of hydrogen-bond donors (Lipinski definition) is 1. The highest BCUT2D eigenvalue weighted by molar-refractivity contribution is 5.17. The molecule has 2 heteroatoms. The van der Waals surface area contributed by atoms with Crippen LogP contribution in [0.1, 0.15) is 37.7 Å². The van der Waals surface area contributed by atoms with Crippen molar-refractivity contribution in [2.45, 2.75) is 50.6 Å². The second-order valence-corrected chi connectivity index (χ2v) is 4.87. The molecule has 0 spiro atoms. The van der Waals surface area contributed by atoms with Gasteiger partial charge in [0.2, 0.25) is 0 Å². The van der Waals surface area contributed by atoms with Gasteiger partial charge in [0.05, 0.1) is 12.1 Å². The second-order valence-electron chi connectivity index (χ2n) is 4.87. The zero-order valence-corrected chi connectivity index (χ0v) is 10.2. The van der Waals surface area contributed by atoms with Crippen molar-refractivity contribution < 1.29 is 0 Å². The van der Waals surface area contributed by atoms with Crippen molar-refractivity contribution in [3.63, 3.8) is 0 Å². The van der Waals surface area contributed by atoms with Crippen LogP contribution in [0.25, 0.3) is 0 Å². The molecule has 0 bridgehead atoms.